The predicted octanol–water partition coefficient (Wildman–Crippen LogP) is 9.44. The van der Waals surface area contributed by atoms with Crippen LogP contribution < -0.4 is 50.5 Å². The molecule has 6 rings (SSSR count). The van der Waals surface area contributed by atoms with E-state index < -0.39 is 77.1 Å². The van der Waals surface area contributed by atoms with Crippen molar-refractivity contribution in [3.63, 3.8) is 0 Å². The van der Waals surface area contributed by atoms with Crippen LogP contribution in [0.15, 0.2) is 152 Å². The molecule has 0 aliphatic carbocycles. The molecule has 0 unspecified atom stereocenters. The number of ether oxygens (including phenoxy) is 5. The van der Waals surface area contributed by atoms with E-state index in [-0.39, 0.29) is 48.7 Å². The second kappa shape index (κ2) is 55.8. The smallest absolute Gasteiger partial charge is 0.407 e. The van der Waals surface area contributed by atoms with Crippen LogP contribution in [0.1, 0.15) is 166 Å². The molecule has 112 heavy (non-hydrogen) atoms. The summed E-state index contributed by atoms with van der Waals surface area (Å²) in [6.07, 6.45) is -1.24. The first-order valence-electron chi connectivity index (χ1n) is 39.4. The number of nitrogens with one attached hydrogen (secondary N) is 5. The zero-order chi connectivity index (χ0) is 84.1. The normalized spacial score (nSPS) is 15.0. The Labute approximate surface area is 685 Å². The fourth-order valence-electron chi connectivity index (χ4n) is 10.9. The van der Waals surface area contributed by atoms with Gasteiger partial charge in [0.15, 0.2) is 0 Å². The van der Waals surface area contributed by atoms with E-state index in [0.717, 1.165) is 55.7 Å². The van der Waals surface area contributed by atoms with Gasteiger partial charge in [0.25, 0.3) is 0 Å². The third kappa shape index (κ3) is 56.6. The number of hydrogen-bond donors (Lipinski definition) is 11. The monoisotopic (exact) mass is 1610 g/mol. The van der Waals surface area contributed by atoms with Gasteiger partial charge < -0.3 is 104 Å². The van der Waals surface area contributed by atoms with Gasteiger partial charge in [0, 0.05) is 39.1 Å². The number of aliphatic hydroxyl groups is 4. The minimum Gasteiger partial charge on any atom is -1.00 e. The molecule has 10 atom stereocenters. The molecule has 0 saturated carbocycles. The summed E-state index contributed by atoms with van der Waals surface area (Å²) in [5.74, 6) is 2.36. The van der Waals surface area contributed by atoms with E-state index in [1.807, 2.05) is 209 Å². The summed E-state index contributed by atoms with van der Waals surface area (Å²) in [6, 6.07) is 48.3. The highest BCUT2D eigenvalue weighted by Gasteiger charge is 2.35. The Bertz CT molecular complexity index is 3220. The van der Waals surface area contributed by atoms with Crippen molar-refractivity contribution in [2.45, 2.75) is 254 Å². The number of alkyl carbamates (subject to hydrolysis) is 4. The van der Waals surface area contributed by atoms with Crippen molar-refractivity contribution in [2.24, 2.45) is 29.4 Å². The minimum atomic E-state index is -0.829. The van der Waals surface area contributed by atoms with E-state index >= 15 is 0 Å². The van der Waals surface area contributed by atoms with Gasteiger partial charge in [-0.1, -0.05) is 207 Å². The molecule has 0 aromatic heterocycles. The van der Waals surface area contributed by atoms with Gasteiger partial charge in [-0.15, -0.1) is 11.6 Å². The number of halogens is 2. The van der Waals surface area contributed by atoms with E-state index in [1.165, 1.54) is 11.1 Å². The molecule has 5 aromatic rings. The first-order chi connectivity index (χ1) is 51.7. The number of nitrogens with two attached hydrogens (primary N) is 1. The molecular formula is C88H147Cl2N9O13. The lowest BCUT2D eigenvalue weighted by molar-refractivity contribution is -0.437. The summed E-state index contributed by atoms with van der Waals surface area (Å²) < 4.78 is 26.4. The zero-order valence-electron chi connectivity index (χ0n) is 71.8. The van der Waals surface area contributed by atoms with Crippen LogP contribution in [0.5, 0.6) is 0 Å². The molecule has 5 aromatic carbocycles. The van der Waals surface area contributed by atoms with E-state index in [1.54, 1.807) is 20.8 Å². The minimum absolute atomic E-state index is 0. The highest BCUT2D eigenvalue weighted by molar-refractivity contribution is 6.18. The molecule has 1 heterocycles. The number of carbonyl (C=O) groups excluding carboxylic acids is 4. The SMILES string of the molecule is CC(C)(C)OC(=O)N[C@@H](Cc1ccccc1)[C@H](O)CCl.CC(C)(C)OC(=O)N[C@@H](Cc1ccccc1)[C@H]1CO1.CC(C)CN.CC(C)CN(C)C[C@@H](O)[C@@H]([NH3+])Cc1ccccc1.CC(C)CN(C)C[C@@H](O)[C@H](Cc1ccccc1)NC(=O)OC(C)(C)C.CC(C)CNC[C@@H](O)[C@H](Cc1ccccc1)NC(=O)OC(C)(C)C.[Cl-]. The van der Waals surface area contributed by atoms with Crippen LogP contribution in [0.3, 0.4) is 0 Å². The molecule has 636 valence electrons. The fourth-order valence-corrected chi connectivity index (χ4v) is 11.1. The summed E-state index contributed by atoms with van der Waals surface area (Å²) in [7, 11) is 4.04. The van der Waals surface area contributed by atoms with Gasteiger partial charge in [-0.3, -0.25) is 0 Å². The Kier molecular flexibility index (Phi) is 52.5. The number of nitrogens with zero attached hydrogens (tertiary/aromatic N) is 2. The summed E-state index contributed by atoms with van der Waals surface area (Å²) >= 11 is 5.69. The van der Waals surface area contributed by atoms with Gasteiger partial charge in [-0.25, -0.2) is 19.2 Å². The van der Waals surface area contributed by atoms with Crippen LogP contribution in [0.4, 0.5) is 19.2 Å². The second-order valence-electron chi connectivity index (χ2n) is 34.4. The Morgan fingerprint density at radius 3 is 0.991 bits per heavy atom. The van der Waals surface area contributed by atoms with Gasteiger partial charge in [-0.2, -0.15) is 0 Å². The molecular weight excluding hydrogens is 1460 g/mol. The molecule has 1 aliphatic heterocycles. The molecule has 0 radical (unpaired) electrons. The largest absolute Gasteiger partial charge is 1.00 e. The summed E-state index contributed by atoms with van der Waals surface area (Å²) in [5, 5.41) is 55.7. The second-order valence-corrected chi connectivity index (χ2v) is 34.7. The molecule has 24 heteroatoms. The highest BCUT2D eigenvalue weighted by atomic mass is 35.5. The van der Waals surface area contributed by atoms with Crippen molar-refractivity contribution in [3.05, 3.63) is 179 Å². The van der Waals surface area contributed by atoms with Crippen LogP contribution in [0, 0.1) is 23.7 Å². The van der Waals surface area contributed by atoms with Crippen molar-refractivity contribution in [1.29, 1.82) is 0 Å². The van der Waals surface area contributed by atoms with Gasteiger partial charge in [0.2, 0.25) is 0 Å². The maximum atomic E-state index is 12.2. The molecule has 22 nitrogen and oxygen atoms in total. The first-order valence-corrected chi connectivity index (χ1v) is 40.0. The molecule has 0 bridgehead atoms. The predicted molar refractivity (Wildman–Crippen MR) is 451 cm³/mol. The number of amides is 4. The summed E-state index contributed by atoms with van der Waals surface area (Å²) in [5.41, 5.74) is 12.6. The Balaban J connectivity index is 0.00000136. The summed E-state index contributed by atoms with van der Waals surface area (Å²) in [6.45, 7) is 44.8. The van der Waals surface area contributed by atoms with Crippen molar-refractivity contribution < 1.29 is 81.4 Å². The van der Waals surface area contributed by atoms with E-state index in [2.05, 4.69) is 117 Å². The van der Waals surface area contributed by atoms with E-state index in [0.29, 0.717) is 69.2 Å². The average molecular weight is 1610 g/mol. The third-order valence-corrected chi connectivity index (χ3v) is 16.3. The lowest BCUT2D eigenvalue weighted by Crippen LogP contribution is -3.00. The zero-order valence-corrected chi connectivity index (χ0v) is 73.3. The molecule has 1 fully saturated rings. The van der Waals surface area contributed by atoms with Crippen LogP contribution >= 0.6 is 11.6 Å². The van der Waals surface area contributed by atoms with E-state index in [9.17, 15) is 39.6 Å². The van der Waals surface area contributed by atoms with Crippen molar-refractivity contribution >= 4 is 36.0 Å². The lowest BCUT2D eigenvalue weighted by Gasteiger charge is -2.30. The number of epoxide rings is 1. The lowest BCUT2D eigenvalue weighted by atomic mass is 10.0. The molecule has 4 amide bonds. The number of quaternary nitrogens is 1. The fraction of sp³-hybridized carbons (Fsp3) is 0.614. The molecule has 14 N–H and O–H groups in total. The highest BCUT2D eigenvalue weighted by Crippen LogP contribution is 2.21. The van der Waals surface area contributed by atoms with Crippen molar-refractivity contribution in [1.82, 2.24) is 36.4 Å². The van der Waals surface area contributed by atoms with Gasteiger partial charge in [0.05, 0.1) is 55.0 Å². The number of carbonyl (C=O) groups is 4. The molecule has 1 aliphatic rings. The molecule has 1 saturated heterocycles. The topological polar surface area (TPSA) is 319 Å². The van der Waals surface area contributed by atoms with Gasteiger partial charge >= 0.3 is 24.4 Å². The Morgan fingerprint density at radius 2 is 0.714 bits per heavy atom. The van der Waals surface area contributed by atoms with Crippen LogP contribution in [-0.2, 0) is 55.8 Å². The maximum Gasteiger partial charge on any atom is 0.407 e. The van der Waals surface area contributed by atoms with Crippen LogP contribution in [0.25, 0.3) is 0 Å². The molecule has 0 spiro atoms. The Morgan fingerprint density at radius 1 is 0.438 bits per heavy atom. The number of alkyl halides is 1. The number of benzene rings is 5. The van der Waals surface area contributed by atoms with E-state index in [4.69, 9.17) is 41.0 Å². The van der Waals surface area contributed by atoms with Crippen LogP contribution in [0.2, 0.25) is 0 Å². The van der Waals surface area contributed by atoms with Crippen molar-refractivity contribution in [2.75, 3.05) is 72.4 Å². The van der Waals surface area contributed by atoms with Crippen LogP contribution in [-0.4, -0.2) is 210 Å². The quantitative estimate of drug-likeness (QED) is 0.0106. The van der Waals surface area contributed by atoms with Gasteiger partial charge in [0.1, 0.15) is 40.7 Å². The number of aliphatic hydroxyl groups excluding tert-OH is 4. The number of rotatable bonds is 33. The van der Waals surface area contributed by atoms with Crippen molar-refractivity contribution in [3.8, 4) is 0 Å². The summed E-state index contributed by atoms with van der Waals surface area (Å²) in [4.78, 5) is 52.1. The maximum absolute atomic E-state index is 12.2. The Hall–Kier alpha value is -6.64. The first kappa shape index (κ1) is 105. The number of hydrogen-bond acceptors (Lipinski definition) is 17. The average Bonchev–Trinajstić information content (AvgIpc) is 1.75. The number of likely N-dealkylation sites (N-methyl/N-ethyl adjacent to an activating group) is 2. The third-order valence-electron chi connectivity index (χ3n) is 16.0. The standard InChI is InChI=1S/C20H34N2O3.C19H32N2O3.C15H22ClNO3.C15H26N2O.C15H21NO3.C4H11N.ClH/c1-15(2)13-22(6)14-18(23)17(12-16-10-8-7-9-11-16)21-19(24)25-20(3,4)5;1-14(2)12-20-13-17(22)16(11-15-9-7-6-8-10-15)21-18(23)24-19(3,4)5;1-15(2,3)20-14(19)17-12(13(18)10-16)9-11-7-5-4-6-8-11;1-12(2)10-17(3)11-15(18)14(16)9-13-7-5-4-6-8-13;1-15(2,3)19-14(17)16-12(13-10-18-13)9-11-7-5-4-6-8-11;1-4(2)3-5;/h7-11,15,17-18,23H,12-14H2,1-6H3,(H,21,24);6-10,14,16-17,20,22H,11-13H2,1-5H3,(H,21,23);4-8,12-13,18H,9-10H2,1-3H3,(H,17,19);4-8,12,14-15,18H,9-11,16H2,1-3H3;4-8,12-13H,9-10H2,1-3H3,(H,16,17);4H,3,5H2,1-2H3;1H/t17-,18+;16-,17+;12-,13+;14-,15+;12-,13+;;/m00000../s1. The van der Waals surface area contributed by atoms with Gasteiger partial charge in [-0.05, 0) is 187 Å².